The van der Waals surface area contributed by atoms with E-state index in [0.717, 1.165) is 39.6 Å². The first kappa shape index (κ1) is 14.2. The topological polar surface area (TPSA) is 57.8 Å². The Kier molecular flexibility index (Phi) is 3.27. The zero-order valence-electron chi connectivity index (χ0n) is 11.8. The fraction of sp³-hybridized carbons (Fsp3) is 0.312. The van der Waals surface area contributed by atoms with Crippen LogP contribution in [0.15, 0.2) is 30.5 Å². The molecule has 3 aromatic rings. The molecule has 0 amide bonds. The SMILES string of the molecule is OCc1c(-c2ccc(Cl)cc2)nc2sc(C3(CO)CC3)cn12. The second-order valence-corrected chi connectivity index (χ2v) is 7.20. The molecule has 0 aliphatic heterocycles. The van der Waals surface area contributed by atoms with Crippen molar-refractivity contribution in [3.63, 3.8) is 0 Å². The molecule has 1 fully saturated rings. The maximum Gasteiger partial charge on any atom is 0.194 e. The van der Waals surface area contributed by atoms with Gasteiger partial charge in [-0.1, -0.05) is 23.7 Å². The van der Waals surface area contributed by atoms with Gasteiger partial charge in [0.25, 0.3) is 0 Å². The fourth-order valence-corrected chi connectivity index (χ4v) is 4.12. The average molecular weight is 335 g/mol. The summed E-state index contributed by atoms with van der Waals surface area (Å²) in [6.45, 7) is 0.0938. The second-order valence-electron chi connectivity index (χ2n) is 5.76. The Bertz CT molecular complexity index is 834. The molecule has 114 valence electrons. The van der Waals surface area contributed by atoms with Gasteiger partial charge < -0.3 is 10.2 Å². The number of fused-ring (bicyclic) bond motifs is 1. The van der Waals surface area contributed by atoms with Crippen molar-refractivity contribution in [1.82, 2.24) is 9.38 Å². The quantitative estimate of drug-likeness (QED) is 0.770. The molecule has 0 atom stereocenters. The maximum absolute atomic E-state index is 9.77. The van der Waals surface area contributed by atoms with E-state index in [9.17, 15) is 10.2 Å². The van der Waals surface area contributed by atoms with Crippen LogP contribution in [0.1, 0.15) is 23.4 Å². The lowest BCUT2D eigenvalue weighted by Crippen LogP contribution is -2.09. The summed E-state index contributed by atoms with van der Waals surface area (Å²) in [5, 5.41) is 20.0. The first-order valence-corrected chi connectivity index (χ1v) is 8.35. The smallest absolute Gasteiger partial charge is 0.194 e. The van der Waals surface area contributed by atoms with Gasteiger partial charge in [0.1, 0.15) is 0 Å². The number of hydrogen-bond donors (Lipinski definition) is 2. The van der Waals surface area contributed by atoms with E-state index < -0.39 is 0 Å². The van der Waals surface area contributed by atoms with Crippen molar-refractivity contribution in [2.24, 2.45) is 0 Å². The summed E-state index contributed by atoms with van der Waals surface area (Å²) in [6, 6.07) is 7.46. The van der Waals surface area contributed by atoms with Crippen LogP contribution < -0.4 is 0 Å². The molecule has 0 saturated heterocycles. The predicted molar refractivity (Wildman–Crippen MR) is 87.4 cm³/mol. The van der Waals surface area contributed by atoms with Crippen molar-refractivity contribution in [2.45, 2.75) is 24.9 Å². The highest BCUT2D eigenvalue weighted by atomic mass is 35.5. The van der Waals surface area contributed by atoms with Gasteiger partial charge in [0.15, 0.2) is 4.96 Å². The molecule has 1 aromatic carbocycles. The molecule has 1 aliphatic carbocycles. The molecule has 1 saturated carbocycles. The third kappa shape index (κ3) is 2.08. The molecule has 22 heavy (non-hydrogen) atoms. The van der Waals surface area contributed by atoms with Crippen LogP contribution in [-0.2, 0) is 12.0 Å². The molecule has 0 bridgehead atoms. The van der Waals surface area contributed by atoms with E-state index in [2.05, 4.69) is 4.98 Å². The number of benzene rings is 1. The maximum atomic E-state index is 9.77. The van der Waals surface area contributed by atoms with Crippen LogP contribution in [0.3, 0.4) is 0 Å². The van der Waals surface area contributed by atoms with E-state index in [1.165, 1.54) is 0 Å². The van der Waals surface area contributed by atoms with Gasteiger partial charge in [-0.25, -0.2) is 4.98 Å². The summed E-state index contributed by atoms with van der Waals surface area (Å²) in [6.07, 6.45) is 4.05. The van der Waals surface area contributed by atoms with Gasteiger partial charge in [-0.05, 0) is 25.0 Å². The predicted octanol–water partition coefficient (Wildman–Crippen LogP) is 3.23. The van der Waals surface area contributed by atoms with Crippen LogP contribution >= 0.6 is 22.9 Å². The molecular weight excluding hydrogens is 320 g/mol. The number of nitrogens with zero attached hydrogens (tertiary/aromatic N) is 2. The summed E-state index contributed by atoms with van der Waals surface area (Å²) in [5.74, 6) is 0. The van der Waals surface area contributed by atoms with Crippen LogP contribution in [0.5, 0.6) is 0 Å². The third-order valence-electron chi connectivity index (χ3n) is 4.37. The fourth-order valence-electron chi connectivity index (χ4n) is 2.76. The highest BCUT2D eigenvalue weighted by molar-refractivity contribution is 7.17. The highest BCUT2D eigenvalue weighted by Gasteiger charge is 2.45. The van der Waals surface area contributed by atoms with Crippen LogP contribution in [0.25, 0.3) is 16.2 Å². The number of imidazole rings is 1. The number of aromatic nitrogens is 2. The molecule has 4 nitrogen and oxygen atoms in total. The van der Waals surface area contributed by atoms with E-state index in [1.54, 1.807) is 11.3 Å². The van der Waals surface area contributed by atoms with Crippen LogP contribution in [0, 0.1) is 0 Å². The molecule has 0 unspecified atom stereocenters. The van der Waals surface area contributed by atoms with E-state index in [-0.39, 0.29) is 18.6 Å². The van der Waals surface area contributed by atoms with Gasteiger partial charge in [-0.15, -0.1) is 11.3 Å². The van der Waals surface area contributed by atoms with E-state index in [4.69, 9.17) is 11.6 Å². The van der Waals surface area contributed by atoms with Gasteiger partial charge in [-0.3, -0.25) is 4.40 Å². The Morgan fingerprint density at radius 1 is 1.23 bits per heavy atom. The van der Waals surface area contributed by atoms with E-state index >= 15 is 0 Å². The van der Waals surface area contributed by atoms with Crippen LogP contribution in [0.2, 0.25) is 5.02 Å². The zero-order valence-corrected chi connectivity index (χ0v) is 13.4. The lowest BCUT2D eigenvalue weighted by atomic mass is 10.1. The van der Waals surface area contributed by atoms with Gasteiger partial charge in [0.2, 0.25) is 0 Å². The lowest BCUT2D eigenvalue weighted by Gasteiger charge is -2.07. The summed E-state index contributed by atoms with van der Waals surface area (Å²) in [4.78, 5) is 6.68. The Hall–Kier alpha value is -1.40. The molecule has 0 spiro atoms. The van der Waals surface area contributed by atoms with Crippen molar-refractivity contribution in [3.05, 3.63) is 46.1 Å². The number of hydrogen-bond acceptors (Lipinski definition) is 4. The summed E-state index contributed by atoms with van der Waals surface area (Å²) >= 11 is 7.52. The minimum Gasteiger partial charge on any atom is -0.395 e. The molecule has 1 aliphatic rings. The van der Waals surface area contributed by atoms with Gasteiger partial charge in [0, 0.05) is 27.1 Å². The number of rotatable bonds is 4. The Labute approximate surface area is 136 Å². The van der Waals surface area contributed by atoms with Crippen molar-refractivity contribution in [3.8, 4) is 11.3 Å². The molecule has 2 heterocycles. The normalized spacial score (nSPS) is 16.3. The number of halogens is 1. The van der Waals surface area contributed by atoms with Crippen LogP contribution in [-0.4, -0.2) is 26.2 Å². The Morgan fingerprint density at radius 2 is 1.95 bits per heavy atom. The summed E-state index contributed by atoms with van der Waals surface area (Å²) < 4.78 is 1.94. The van der Waals surface area contributed by atoms with E-state index in [1.807, 2.05) is 34.9 Å². The third-order valence-corrected chi connectivity index (χ3v) is 5.85. The molecule has 2 aromatic heterocycles. The number of aliphatic hydroxyl groups excluding tert-OH is 2. The van der Waals surface area contributed by atoms with Crippen molar-refractivity contribution >= 4 is 27.9 Å². The van der Waals surface area contributed by atoms with Gasteiger partial charge >= 0.3 is 0 Å². The molecule has 6 heteroatoms. The lowest BCUT2D eigenvalue weighted by molar-refractivity contribution is 0.256. The zero-order chi connectivity index (χ0) is 15.3. The minimum atomic E-state index is -0.0819. The summed E-state index contributed by atoms with van der Waals surface area (Å²) in [7, 11) is 0. The van der Waals surface area contributed by atoms with Crippen LogP contribution in [0.4, 0.5) is 0 Å². The molecule has 0 radical (unpaired) electrons. The second kappa shape index (κ2) is 5.06. The van der Waals surface area contributed by atoms with Gasteiger partial charge in [-0.2, -0.15) is 0 Å². The van der Waals surface area contributed by atoms with Crippen molar-refractivity contribution < 1.29 is 10.2 Å². The summed E-state index contributed by atoms with van der Waals surface area (Å²) in [5.41, 5.74) is 2.42. The molecular formula is C16H15ClN2O2S. The standard InChI is InChI=1S/C16H15ClN2O2S/c17-11-3-1-10(2-4-11)14-12(8-20)19-7-13(22-15(19)18-14)16(9-21)5-6-16/h1-4,7,20-21H,5-6,8-9H2. The highest BCUT2D eigenvalue weighted by Crippen LogP contribution is 2.50. The number of thiazole rings is 1. The Morgan fingerprint density at radius 3 is 2.55 bits per heavy atom. The van der Waals surface area contributed by atoms with E-state index in [0.29, 0.717) is 5.02 Å². The largest absolute Gasteiger partial charge is 0.395 e. The number of aliphatic hydroxyl groups is 2. The monoisotopic (exact) mass is 334 g/mol. The average Bonchev–Trinajstić information content (AvgIpc) is 3.10. The van der Waals surface area contributed by atoms with Crippen molar-refractivity contribution in [1.29, 1.82) is 0 Å². The van der Waals surface area contributed by atoms with Gasteiger partial charge in [0.05, 0.1) is 24.6 Å². The Balaban J connectivity index is 1.84. The first-order chi connectivity index (χ1) is 10.7. The molecule has 4 rings (SSSR count). The molecule has 2 N–H and O–H groups in total. The van der Waals surface area contributed by atoms with Crippen molar-refractivity contribution in [2.75, 3.05) is 6.61 Å². The minimum absolute atomic E-state index is 0.0709. The first-order valence-electron chi connectivity index (χ1n) is 7.16.